The first-order valence-corrected chi connectivity index (χ1v) is 10.1. The first-order valence-electron chi connectivity index (χ1n) is 9.73. The molecule has 0 bridgehead atoms. The van der Waals surface area contributed by atoms with Crippen LogP contribution in [0.4, 0.5) is 16.2 Å². The maximum atomic E-state index is 12.7. The van der Waals surface area contributed by atoms with Gasteiger partial charge in [0.2, 0.25) is 5.91 Å². The molecule has 1 saturated heterocycles. The van der Waals surface area contributed by atoms with Gasteiger partial charge in [0, 0.05) is 29.7 Å². The molecule has 0 aliphatic carbocycles. The predicted octanol–water partition coefficient (Wildman–Crippen LogP) is 4.87. The summed E-state index contributed by atoms with van der Waals surface area (Å²) in [4.78, 5) is 26.9. The van der Waals surface area contributed by atoms with E-state index >= 15 is 0 Å². The van der Waals surface area contributed by atoms with E-state index in [2.05, 4.69) is 10.6 Å². The molecule has 6 nitrogen and oxygen atoms in total. The van der Waals surface area contributed by atoms with Gasteiger partial charge in [-0.1, -0.05) is 30.7 Å². The number of anilines is 2. The van der Waals surface area contributed by atoms with Crippen molar-refractivity contribution in [3.8, 4) is 5.75 Å². The molecule has 2 N–H and O–H groups in total. The first-order chi connectivity index (χ1) is 14.0. The average molecular weight is 416 g/mol. The Morgan fingerprint density at radius 2 is 1.72 bits per heavy atom. The number of hydrogen-bond donors (Lipinski definition) is 2. The number of amides is 3. The van der Waals surface area contributed by atoms with Crippen molar-refractivity contribution in [1.29, 1.82) is 0 Å². The van der Waals surface area contributed by atoms with E-state index in [0.717, 1.165) is 12.8 Å². The number of nitrogens with one attached hydrogen (secondary N) is 2. The fourth-order valence-corrected chi connectivity index (χ4v) is 3.67. The van der Waals surface area contributed by atoms with Crippen LogP contribution in [-0.4, -0.2) is 37.0 Å². The Morgan fingerprint density at radius 1 is 1.07 bits per heavy atom. The molecule has 3 amide bonds. The lowest BCUT2D eigenvalue weighted by Crippen LogP contribution is -2.43. The van der Waals surface area contributed by atoms with E-state index in [1.54, 1.807) is 36.3 Å². The molecular weight excluding hydrogens is 390 g/mol. The zero-order valence-corrected chi connectivity index (χ0v) is 17.4. The number of piperidine rings is 1. The highest BCUT2D eigenvalue weighted by Crippen LogP contribution is 2.29. The zero-order valence-electron chi connectivity index (χ0n) is 16.7. The number of likely N-dealkylation sites (tertiary alicyclic amines) is 1. The van der Waals surface area contributed by atoms with Gasteiger partial charge in [0.1, 0.15) is 5.75 Å². The minimum absolute atomic E-state index is 0.0291. The van der Waals surface area contributed by atoms with Gasteiger partial charge in [-0.05, 0) is 55.2 Å². The number of hydrogen-bond acceptors (Lipinski definition) is 3. The van der Waals surface area contributed by atoms with Crippen molar-refractivity contribution in [3.63, 3.8) is 0 Å². The van der Waals surface area contributed by atoms with Crippen LogP contribution in [0.5, 0.6) is 5.75 Å². The van der Waals surface area contributed by atoms with Gasteiger partial charge in [0.05, 0.1) is 12.8 Å². The number of methoxy groups -OCH3 is 1. The van der Waals surface area contributed by atoms with Gasteiger partial charge in [-0.25, -0.2) is 4.79 Å². The minimum Gasteiger partial charge on any atom is -0.495 e. The molecule has 7 heteroatoms. The summed E-state index contributed by atoms with van der Waals surface area (Å²) in [6, 6.07) is 14.3. The Hall–Kier alpha value is -2.73. The van der Waals surface area contributed by atoms with Crippen LogP contribution in [0.15, 0.2) is 48.5 Å². The van der Waals surface area contributed by atoms with Gasteiger partial charge in [0.15, 0.2) is 0 Å². The van der Waals surface area contributed by atoms with E-state index in [9.17, 15) is 9.59 Å². The molecule has 154 valence electrons. The van der Waals surface area contributed by atoms with E-state index in [4.69, 9.17) is 16.3 Å². The van der Waals surface area contributed by atoms with Crippen LogP contribution >= 0.6 is 11.6 Å². The number of urea groups is 1. The summed E-state index contributed by atoms with van der Waals surface area (Å²) in [5.74, 6) is 0.686. The zero-order chi connectivity index (χ0) is 20.8. The van der Waals surface area contributed by atoms with E-state index in [1.165, 1.54) is 0 Å². The molecule has 0 radical (unpaired) electrons. The highest BCUT2D eigenvalue weighted by atomic mass is 35.5. The van der Waals surface area contributed by atoms with Crippen LogP contribution in [0, 0.1) is 11.8 Å². The second kappa shape index (κ2) is 9.65. The van der Waals surface area contributed by atoms with Gasteiger partial charge in [-0.2, -0.15) is 0 Å². The molecule has 0 spiro atoms. The SMILES string of the molecule is COc1ccccc1NC(=O)[C@@H](C)C1CCN(C(=O)Nc2ccc(Cl)cc2)CC1. The van der Waals surface area contributed by atoms with Crippen molar-refractivity contribution in [2.75, 3.05) is 30.8 Å². The average Bonchev–Trinajstić information content (AvgIpc) is 2.75. The third kappa shape index (κ3) is 5.41. The molecule has 1 aliphatic rings. The first kappa shape index (κ1) is 21.0. The molecule has 1 fully saturated rings. The van der Waals surface area contributed by atoms with Crippen LogP contribution in [0.2, 0.25) is 5.02 Å². The molecule has 1 atom stereocenters. The summed E-state index contributed by atoms with van der Waals surface area (Å²) >= 11 is 5.87. The molecule has 0 saturated carbocycles. The minimum atomic E-state index is -0.151. The number of rotatable bonds is 5. The lowest BCUT2D eigenvalue weighted by Gasteiger charge is -2.34. The Labute approximate surface area is 176 Å². The second-order valence-electron chi connectivity index (χ2n) is 7.24. The van der Waals surface area contributed by atoms with Crippen molar-refractivity contribution in [2.24, 2.45) is 11.8 Å². The van der Waals surface area contributed by atoms with E-state index in [1.807, 2.05) is 31.2 Å². The summed E-state index contributed by atoms with van der Waals surface area (Å²) in [5, 5.41) is 6.48. The molecule has 3 rings (SSSR count). The topological polar surface area (TPSA) is 70.7 Å². The fraction of sp³-hybridized carbons (Fsp3) is 0.364. The third-order valence-electron chi connectivity index (χ3n) is 5.41. The fourth-order valence-electron chi connectivity index (χ4n) is 3.55. The van der Waals surface area contributed by atoms with Crippen molar-refractivity contribution in [3.05, 3.63) is 53.6 Å². The number of carbonyl (C=O) groups excluding carboxylic acids is 2. The lowest BCUT2D eigenvalue weighted by atomic mass is 9.85. The smallest absolute Gasteiger partial charge is 0.321 e. The summed E-state index contributed by atoms with van der Waals surface area (Å²) in [7, 11) is 1.58. The van der Waals surface area contributed by atoms with Crippen LogP contribution in [0.3, 0.4) is 0 Å². The number of ether oxygens (including phenoxy) is 1. The molecular formula is C22H26ClN3O3. The van der Waals surface area contributed by atoms with Crippen molar-refractivity contribution >= 4 is 34.9 Å². The van der Waals surface area contributed by atoms with Crippen LogP contribution in [0.1, 0.15) is 19.8 Å². The van der Waals surface area contributed by atoms with E-state index < -0.39 is 0 Å². The number of halogens is 1. The molecule has 2 aromatic carbocycles. The number of benzene rings is 2. The normalized spacial score (nSPS) is 15.5. The third-order valence-corrected chi connectivity index (χ3v) is 5.66. The standard InChI is InChI=1S/C22H26ClN3O3/c1-15(21(27)25-19-5-3-4-6-20(19)29-2)16-11-13-26(14-12-16)22(28)24-18-9-7-17(23)8-10-18/h3-10,15-16H,11-14H2,1-2H3,(H,24,28)(H,25,27)/t15-/m0/s1. The van der Waals surface area contributed by atoms with Gasteiger partial charge in [-0.15, -0.1) is 0 Å². The molecule has 0 unspecified atom stereocenters. The largest absolute Gasteiger partial charge is 0.495 e. The Bertz CT molecular complexity index is 849. The lowest BCUT2D eigenvalue weighted by molar-refractivity contribution is -0.121. The highest BCUT2D eigenvalue weighted by Gasteiger charge is 2.30. The molecule has 29 heavy (non-hydrogen) atoms. The molecule has 2 aromatic rings. The number of carbonyl (C=O) groups is 2. The van der Waals surface area contributed by atoms with Crippen molar-refractivity contribution in [1.82, 2.24) is 4.90 Å². The summed E-state index contributed by atoms with van der Waals surface area (Å²) < 4.78 is 5.29. The molecule has 1 aliphatic heterocycles. The summed E-state index contributed by atoms with van der Waals surface area (Å²) in [5.41, 5.74) is 1.39. The van der Waals surface area contributed by atoms with Crippen LogP contribution < -0.4 is 15.4 Å². The second-order valence-corrected chi connectivity index (χ2v) is 7.68. The maximum absolute atomic E-state index is 12.7. The van der Waals surface area contributed by atoms with Gasteiger partial charge in [-0.3, -0.25) is 4.79 Å². The van der Waals surface area contributed by atoms with Crippen LogP contribution in [-0.2, 0) is 4.79 Å². The Balaban J connectivity index is 1.50. The number of para-hydroxylation sites is 2. The summed E-state index contributed by atoms with van der Waals surface area (Å²) in [6.07, 6.45) is 1.57. The van der Waals surface area contributed by atoms with Crippen LogP contribution in [0.25, 0.3) is 0 Å². The number of nitrogens with zero attached hydrogens (tertiary/aromatic N) is 1. The van der Waals surface area contributed by atoms with E-state index in [0.29, 0.717) is 35.2 Å². The van der Waals surface area contributed by atoms with Crippen molar-refractivity contribution < 1.29 is 14.3 Å². The van der Waals surface area contributed by atoms with E-state index in [-0.39, 0.29) is 23.8 Å². The Kier molecular flexibility index (Phi) is 6.99. The monoisotopic (exact) mass is 415 g/mol. The summed E-state index contributed by atoms with van der Waals surface area (Å²) in [6.45, 7) is 3.19. The maximum Gasteiger partial charge on any atom is 0.321 e. The highest BCUT2D eigenvalue weighted by molar-refractivity contribution is 6.30. The molecule has 1 heterocycles. The predicted molar refractivity (Wildman–Crippen MR) is 116 cm³/mol. The Morgan fingerprint density at radius 3 is 2.38 bits per heavy atom. The van der Waals surface area contributed by atoms with Crippen molar-refractivity contribution in [2.45, 2.75) is 19.8 Å². The van der Waals surface area contributed by atoms with Gasteiger partial charge in [0.25, 0.3) is 0 Å². The van der Waals surface area contributed by atoms with Gasteiger partial charge < -0.3 is 20.3 Å². The quantitative estimate of drug-likeness (QED) is 0.732. The van der Waals surface area contributed by atoms with Gasteiger partial charge >= 0.3 is 6.03 Å². The molecule has 0 aromatic heterocycles.